The van der Waals surface area contributed by atoms with E-state index in [-0.39, 0.29) is 12.1 Å². The van der Waals surface area contributed by atoms with E-state index in [0.717, 1.165) is 25.9 Å². The number of nitrogens with two attached hydrogens (primary N) is 1. The summed E-state index contributed by atoms with van der Waals surface area (Å²) in [4.78, 5) is 11.7. The minimum absolute atomic E-state index is 0.0569. The number of esters is 1. The third kappa shape index (κ3) is 3.46. The summed E-state index contributed by atoms with van der Waals surface area (Å²) in [5.74, 6) is -0.320. The van der Waals surface area contributed by atoms with E-state index in [1.165, 1.54) is 0 Å². The molecule has 92 valence electrons. The minimum atomic E-state index is -0.320. The van der Waals surface area contributed by atoms with Gasteiger partial charge in [0, 0.05) is 12.3 Å². The summed E-state index contributed by atoms with van der Waals surface area (Å²) >= 11 is 0. The molecule has 2 N–H and O–H groups in total. The molecule has 4 heteroatoms. The van der Waals surface area contributed by atoms with Crippen molar-refractivity contribution in [2.75, 3.05) is 18.9 Å². The highest BCUT2D eigenvalue weighted by Gasteiger charge is 2.16. The molecule has 4 nitrogen and oxygen atoms in total. The summed E-state index contributed by atoms with van der Waals surface area (Å²) in [6.45, 7) is 1.10. The molecule has 17 heavy (non-hydrogen) atoms. The number of anilines is 1. The summed E-state index contributed by atoms with van der Waals surface area (Å²) in [5, 5.41) is 0. The van der Waals surface area contributed by atoms with Crippen LogP contribution in [0.15, 0.2) is 24.3 Å². The van der Waals surface area contributed by atoms with Crippen LogP contribution in [0.1, 0.15) is 29.6 Å². The molecule has 0 unspecified atom stereocenters. The molecule has 0 amide bonds. The molecule has 0 radical (unpaired) electrons. The standard InChI is InChI=1S/C13H17NO3/c14-11-6-4-10(5-7-11)13(15)17-9-12-3-1-2-8-16-12/h4-7,12H,1-3,8-9,14H2/t12-/m1/s1. The predicted molar refractivity (Wildman–Crippen MR) is 64.7 cm³/mol. The van der Waals surface area contributed by atoms with Gasteiger partial charge in [0.2, 0.25) is 0 Å². The molecule has 0 aliphatic carbocycles. The van der Waals surface area contributed by atoms with E-state index in [4.69, 9.17) is 15.2 Å². The van der Waals surface area contributed by atoms with Crippen molar-refractivity contribution in [2.24, 2.45) is 0 Å². The second kappa shape index (κ2) is 5.68. The van der Waals surface area contributed by atoms with Gasteiger partial charge in [0.05, 0.1) is 11.7 Å². The number of rotatable bonds is 3. The number of carbonyl (C=O) groups excluding carboxylic acids is 1. The van der Waals surface area contributed by atoms with Gasteiger partial charge in [-0.05, 0) is 43.5 Å². The average Bonchev–Trinajstić information content (AvgIpc) is 2.38. The molecule has 1 heterocycles. The van der Waals surface area contributed by atoms with Gasteiger partial charge >= 0.3 is 5.97 Å². The van der Waals surface area contributed by atoms with Crippen LogP contribution in [-0.2, 0) is 9.47 Å². The maximum atomic E-state index is 11.7. The molecule has 1 aromatic carbocycles. The highest BCUT2D eigenvalue weighted by molar-refractivity contribution is 5.89. The molecule has 0 bridgehead atoms. The molecule has 2 rings (SSSR count). The number of benzene rings is 1. The topological polar surface area (TPSA) is 61.6 Å². The van der Waals surface area contributed by atoms with E-state index >= 15 is 0 Å². The Bertz CT molecular complexity index is 369. The third-order valence-electron chi connectivity index (χ3n) is 2.82. The normalized spacial score (nSPS) is 19.9. The first kappa shape index (κ1) is 11.9. The summed E-state index contributed by atoms with van der Waals surface area (Å²) < 4.78 is 10.7. The van der Waals surface area contributed by atoms with Crippen LogP contribution >= 0.6 is 0 Å². The fourth-order valence-electron chi connectivity index (χ4n) is 1.81. The molecule has 0 saturated carbocycles. The van der Waals surface area contributed by atoms with E-state index in [0.29, 0.717) is 17.9 Å². The summed E-state index contributed by atoms with van der Waals surface area (Å²) in [7, 11) is 0. The number of ether oxygens (including phenoxy) is 2. The third-order valence-corrected chi connectivity index (χ3v) is 2.82. The lowest BCUT2D eigenvalue weighted by atomic mass is 10.1. The highest BCUT2D eigenvalue weighted by Crippen LogP contribution is 2.14. The van der Waals surface area contributed by atoms with Gasteiger partial charge in [-0.3, -0.25) is 0 Å². The summed E-state index contributed by atoms with van der Waals surface area (Å²) in [6.07, 6.45) is 3.27. The van der Waals surface area contributed by atoms with Crippen LogP contribution in [0.2, 0.25) is 0 Å². The molecule has 0 aromatic heterocycles. The fraction of sp³-hybridized carbons (Fsp3) is 0.462. The van der Waals surface area contributed by atoms with Gasteiger partial charge in [0.25, 0.3) is 0 Å². The molecular weight excluding hydrogens is 218 g/mol. The SMILES string of the molecule is Nc1ccc(C(=O)OC[C@H]2CCCCO2)cc1. The summed E-state index contributed by atoms with van der Waals surface area (Å²) in [6, 6.07) is 6.71. The Labute approximate surface area is 101 Å². The lowest BCUT2D eigenvalue weighted by molar-refractivity contribution is -0.0300. The lowest BCUT2D eigenvalue weighted by Crippen LogP contribution is -2.25. The maximum absolute atomic E-state index is 11.7. The first-order chi connectivity index (χ1) is 8.25. The van der Waals surface area contributed by atoms with Gasteiger partial charge < -0.3 is 15.2 Å². The van der Waals surface area contributed by atoms with E-state index in [2.05, 4.69) is 0 Å². The second-order valence-electron chi connectivity index (χ2n) is 4.21. The van der Waals surface area contributed by atoms with Gasteiger partial charge in [-0.2, -0.15) is 0 Å². The van der Waals surface area contributed by atoms with Crippen LogP contribution in [0.3, 0.4) is 0 Å². The molecule has 1 fully saturated rings. The van der Waals surface area contributed by atoms with Gasteiger partial charge in [0.15, 0.2) is 0 Å². The molecule has 1 aromatic rings. The van der Waals surface area contributed by atoms with Crippen LogP contribution in [0.4, 0.5) is 5.69 Å². The van der Waals surface area contributed by atoms with Crippen molar-refractivity contribution in [3.8, 4) is 0 Å². The van der Waals surface area contributed by atoms with Crippen LogP contribution < -0.4 is 5.73 Å². The smallest absolute Gasteiger partial charge is 0.338 e. The van der Waals surface area contributed by atoms with E-state index in [1.54, 1.807) is 24.3 Å². The van der Waals surface area contributed by atoms with Crippen molar-refractivity contribution in [3.05, 3.63) is 29.8 Å². The van der Waals surface area contributed by atoms with Gasteiger partial charge in [-0.1, -0.05) is 0 Å². The van der Waals surface area contributed by atoms with Crippen molar-refractivity contribution in [3.63, 3.8) is 0 Å². The van der Waals surface area contributed by atoms with E-state index in [1.807, 2.05) is 0 Å². The highest BCUT2D eigenvalue weighted by atomic mass is 16.6. The van der Waals surface area contributed by atoms with Crippen LogP contribution in [0.25, 0.3) is 0 Å². The Balaban J connectivity index is 1.82. The van der Waals surface area contributed by atoms with Crippen molar-refractivity contribution in [2.45, 2.75) is 25.4 Å². The van der Waals surface area contributed by atoms with Crippen LogP contribution in [-0.4, -0.2) is 25.3 Å². The van der Waals surface area contributed by atoms with Gasteiger partial charge in [0.1, 0.15) is 6.61 Å². The first-order valence-corrected chi connectivity index (χ1v) is 5.90. The minimum Gasteiger partial charge on any atom is -0.459 e. The molecule has 1 aliphatic rings. The zero-order valence-corrected chi connectivity index (χ0v) is 9.72. The van der Waals surface area contributed by atoms with Crippen LogP contribution in [0, 0.1) is 0 Å². The van der Waals surface area contributed by atoms with E-state index in [9.17, 15) is 4.79 Å². The first-order valence-electron chi connectivity index (χ1n) is 5.90. The number of nitrogen functional groups attached to an aromatic ring is 1. The Kier molecular flexibility index (Phi) is 3.98. The van der Waals surface area contributed by atoms with Gasteiger partial charge in [-0.15, -0.1) is 0 Å². The Morgan fingerprint density at radius 3 is 2.76 bits per heavy atom. The number of hydrogen-bond acceptors (Lipinski definition) is 4. The van der Waals surface area contributed by atoms with Gasteiger partial charge in [-0.25, -0.2) is 4.79 Å². The zero-order valence-electron chi connectivity index (χ0n) is 9.72. The monoisotopic (exact) mass is 235 g/mol. The molecule has 1 saturated heterocycles. The van der Waals surface area contributed by atoms with Crippen molar-refractivity contribution in [1.29, 1.82) is 0 Å². The second-order valence-corrected chi connectivity index (χ2v) is 4.21. The quantitative estimate of drug-likeness (QED) is 0.643. The largest absolute Gasteiger partial charge is 0.459 e. The van der Waals surface area contributed by atoms with E-state index < -0.39 is 0 Å². The Morgan fingerprint density at radius 1 is 1.35 bits per heavy atom. The number of carbonyl (C=O) groups is 1. The number of hydrogen-bond donors (Lipinski definition) is 1. The van der Waals surface area contributed by atoms with Crippen molar-refractivity contribution < 1.29 is 14.3 Å². The van der Waals surface area contributed by atoms with Crippen molar-refractivity contribution >= 4 is 11.7 Å². The molecular formula is C13H17NO3. The Hall–Kier alpha value is -1.55. The van der Waals surface area contributed by atoms with Crippen LogP contribution in [0.5, 0.6) is 0 Å². The zero-order chi connectivity index (χ0) is 12.1. The molecule has 1 aliphatic heterocycles. The lowest BCUT2D eigenvalue weighted by Gasteiger charge is -2.22. The average molecular weight is 235 g/mol. The molecule has 1 atom stereocenters. The predicted octanol–water partition coefficient (Wildman–Crippen LogP) is 1.99. The Morgan fingerprint density at radius 2 is 2.12 bits per heavy atom. The molecule has 0 spiro atoms. The maximum Gasteiger partial charge on any atom is 0.338 e. The summed E-state index contributed by atoms with van der Waals surface area (Å²) in [5.41, 5.74) is 6.70. The fourth-order valence-corrected chi connectivity index (χ4v) is 1.81. The van der Waals surface area contributed by atoms with Crippen molar-refractivity contribution in [1.82, 2.24) is 0 Å².